The fourth-order valence-electron chi connectivity index (χ4n) is 3.27. The van der Waals surface area contributed by atoms with Gasteiger partial charge < -0.3 is 14.9 Å². The van der Waals surface area contributed by atoms with Gasteiger partial charge in [0.1, 0.15) is 0 Å². The molecule has 3 atom stereocenters. The van der Waals surface area contributed by atoms with E-state index < -0.39 is 17.7 Å². The zero-order chi connectivity index (χ0) is 20.6. The third-order valence-electron chi connectivity index (χ3n) is 5.02. The highest BCUT2D eigenvalue weighted by atomic mass is 35.5. The molecule has 1 N–H and O–H groups in total. The van der Waals surface area contributed by atoms with Gasteiger partial charge in [-0.1, -0.05) is 18.5 Å². The highest BCUT2D eigenvalue weighted by Crippen LogP contribution is 2.33. The first kappa shape index (κ1) is 21.5. The van der Waals surface area contributed by atoms with Crippen LogP contribution in [-0.2, 0) is 4.79 Å². The average Bonchev–Trinajstić information content (AvgIpc) is 2.59. The first-order chi connectivity index (χ1) is 12.4. The Labute approximate surface area is 160 Å². The van der Waals surface area contributed by atoms with Gasteiger partial charge in [0.2, 0.25) is 5.60 Å². The summed E-state index contributed by atoms with van der Waals surface area (Å²) in [4.78, 5) is 27.3. The predicted molar refractivity (Wildman–Crippen MR) is 94.4 cm³/mol. The lowest BCUT2D eigenvalue weighted by Crippen LogP contribution is -2.60. The lowest BCUT2D eigenvalue weighted by atomic mass is 9.90. The summed E-state index contributed by atoms with van der Waals surface area (Å²) in [5.74, 6) is -1.86. The van der Waals surface area contributed by atoms with Crippen LogP contribution in [0.2, 0.25) is 5.02 Å². The number of piperidine rings is 1. The van der Waals surface area contributed by atoms with E-state index >= 15 is 0 Å². The molecule has 2 amide bonds. The van der Waals surface area contributed by atoms with Gasteiger partial charge in [0, 0.05) is 36.8 Å². The molecule has 2 rings (SSSR count). The Morgan fingerprint density at radius 3 is 2.30 bits per heavy atom. The van der Waals surface area contributed by atoms with Crippen LogP contribution in [0.25, 0.3) is 0 Å². The maximum absolute atomic E-state index is 12.9. The number of hydrogen-bond donors (Lipinski definition) is 1. The number of amides is 2. The third kappa shape index (κ3) is 4.38. The zero-order valence-electron chi connectivity index (χ0n) is 15.3. The topological polar surface area (TPSA) is 60.9 Å². The van der Waals surface area contributed by atoms with Gasteiger partial charge in [0.25, 0.3) is 11.8 Å². The standard InChI is InChI=1S/C18H22ClF3N2O3/c1-11-10-24(16(26)17(2,27)18(20,21)22)9-8-14(11)23(3)15(25)12-4-6-13(19)7-5-12/h4-7,11,14,27H,8-10H2,1-3H3/t11-,14+,17-/m1/s1. The number of benzene rings is 1. The molecule has 1 aliphatic heterocycles. The smallest absolute Gasteiger partial charge is 0.373 e. The molecule has 9 heteroatoms. The molecule has 1 fully saturated rings. The van der Waals surface area contributed by atoms with E-state index in [2.05, 4.69) is 0 Å². The minimum absolute atomic E-state index is 0.0218. The number of likely N-dealkylation sites (tertiary alicyclic amines) is 1. The first-order valence-corrected chi connectivity index (χ1v) is 8.85. The number of hydrogen-bond acceptors (Lipinski definition) is 3. The van der Waals surface area contributed by atoms with E-state index in [-0.39, 0.29) is 31.0 Å². The first-order valence-electron chi connectivity index (χ1n) is 8.47. The van der Waals surface area contributed by atoms with Crippen molar-refractivity contribution in [2.24, 2.45) is 5.92 Å². The van der Waals surface area contributed by atoms with Crippen LogP contribution in [-0.4, -0.2) is 64.7 Å². The van der Waals surface area contributed by atoms with Crippen LogP contribution in [0.15, 0.2) is 24.3 Å². The Morgan fingerprint density at radius 2 is 1.81 bits per heavy atom. The normalized spacial score (nSPS) is 22.9. The van der Waals surface area contributed by atoms with Crippen LogP contribution in [0.1, 0.15) is 30.6 Å². The predicted octanol–water partition coefficient (Wildman–Crippen LogP) is 2.96. The Hall–Kier alpha value is -1.80. The number of aliphatic hydroxyl groups is 1. The third-order valence-corrected chi connectivity index (χ3v) is 5.28. The second-order valence-electron chi connectivity index (χ2n) is 7.08. The molecule has 1 aromatic carbocycles. The molecule has 1 aromatic rings. The average molecular weight is 407 g/mol. The molecule has 1 aliphatic rings. The highest BCUT2D eigenvalue weighted by Gasteiger charge is 2.57. The van der Waals surface area contributed by atoms with Gasteiger partial charge in [-0.15, -0.1) is 0 Å². The molecule has 0 aromatic heterocycles. The molecular formula is C18H22ClF3N2O3. The molecule has 150 valence electrons. The lowest BCUT2D eigenvalue weighted by molar-refractivity contribution is -0.251. The Kier molecular flexibility index (Phi) is 6.11. The van der Waals surface area contributed by atoms with Gasteiger partial charge in [-0.2, -0.15) is 13.2 Å². The summed E-state index contributed by atoms with van der Waals surface area (Å²) in [6, 6.07) is 6.17. The van der Waals surface area contributed by atoms with Crippen molar-refractivity contribution in [3.8, 4) is 0 Å². The van der Waals surface area contributed by atoms with Crippen LogP contribution < -0.4 is 0 Å². The van der Waals surface area contributed by atoms with Gasteiger partial charge in [-0.3, -0.25) is 9.59 Å². The summed E-state index contributed by atoms with van der Waals surface area (Å²) in [6.45, 7) is 2.27. The van der Waals surface area contributed by atoms with Gasteiger partial charge in [-0.05, 0) is 43.5 Å². The maximum atomic E-state index is 12.9. The van der Waals surface area contributed by atoms with Gasteiger partial charge >= 0.3 is 6.18 Å². The summed E-state index contributed by atoms with van der Waals surface area (Å²) in [5, 5.41) is 10.1. The van der Waals surface area contributed by atoms with Crippen LogP contribution in [0.5, 0.6) is 0 Å². The lowest BCUT2D eigenvalue weighted by Gasteiger charge is -2.43. The fourth-order valence-corrected chi connectivity index (χ4v) is 3.39. The Bertz CT molecular complexity index is 707. The van der Waals surface area contributed by atoms with Crippen molar-refractivity contribution in [1.29, 1.82) is 0 Å². The number of halogens is 4. The molecule has 0 radical (unpaired) electrons. The number of carbonyl (C=O) groups is 2. The number of carbonyl (C=O) groups excluding carboxylic acids is 2. The van der Waals surface area contributed by atoms with Crippen molar-refractivity contribution in [2.45, 2.75) is 38.1 Å². The quantitative estimate of drug-likeness (QED) is 0.839. The molecule has 0 aliphatic carbocycles. The Balaban J connectivity index is 2.07. The van der Waals surface area contributed by atoms with Gasteiger partial charge in [0.15, 0.2) is 0 Å². The van der Waals surface area contributed by atoms with Crippen LogP contribution >= 0.6 is 11.6 Å². The largest absolute Gasteiger partial charge is 0.426 e. The molecule has 5 nitrogen and oxygen atoms in total. The molecule has 0 bridgehead atoms. The second kappa shape index (κ2) is 7.67. The summed E-state index contributed by atoms with van der Waals surface area (Å²) in [5.41, 5.74) is -2.97. The molecule has 1 heterocycles. The maximum Gasteiger partial charge on any atom is 0.426 e. The van der Waals surface area contributed by atoms with Crippen molar-refractivity contribution < 1.29 is 27.9 Å². The van der Waals surface area contributed by atoms with Gasteiger partial charge in [-0.25, -0.2) is 0 Å². The van der Waals surface area contributed by atoms with Crippen molar-refractivity contribution in [3.05, 3.63) is 34.9 Å². The minimum atomic E-state index is -5.05. The minimum Gasteiger partial charge on any atom is -0.373 e. The van der Waals surface area contributed by atoms with E-state index in [1.165, 1.54) is 4.90 Å². The molecule has 27 heavy (non-hydrogen) atoms. The summed E-state index contributed by atoms with van der Waals surface area (Å²) in [7, 11) is 1.63. The summed E-state index contributed by atoms with van der Waals surface area (Å²) in [6.07, 6.45) is -4.73. The Morgan fingerprint density at radius 1 is 1.26 bits per heavy atom. The van der Waals surface area contributed by atoms with E-state index in [0.717, 1.165) is 4.90 Å². The molecular weight excluding hydrogens is 385 g/mol. The van der Waals surface area contributed by atoms with E-state index in [1.54, 1.807) is 38.2 Å². The fraction of sp³-hybridized carbons (Fsp3) is 0.556. The molecule has 0 spiro atoms. The monoisotopic (exact) mass is 406 g/mol. The van der Waals surface area contributed by atoms with Crippen LogP contribution in [0.3, 0.4) is 0 Å². The van der Waals surface area contributed by atoms with Crippen molar-refractivity contribution in [2.75, 3.05) is 20.1 Å². The van der Waals surface area contributed by atoms with Crippen molar-refractivity contribution >= 4 is 23.4 Å². The summed E-state index contributed by atoms with van der Waals surface area (Å²) >= 11 is 5.82. The van der Waals surface area contributed by atoms with E-state index in [4.69, 9.17) is 11.6 Å². The number of rotatable bonds is 3. The zero-order valence-corrected chi connectivity index (χ0v) is 16.0. The SMILES string of the molecule is C[C@@H]1CN(C(=O)[C@@](C)(O)C(F)(F)F)CC[C@@H]1N(C)C(=O)c1ccc(Cl)cc1. The molecule has 0 unspecified atom stereocenters. The van der Waals surface area contributed by atoms with Crippen molar-refractivity contribution in [1.82, 2.24) is 9.80 Å². The van der Waals surface area contributed by atoms with Crippen LogP contribution in [0.4, 0.5) is 13.2 Å². The second-order valence-corrected chi connectivity index (χ2v) is 7.51. The van der Waals surface area contributed by atoms with E-state index in [9.17, 15) is 27.9 Å². The number of alkyl halides is 3. The number of nitrogens with zero attached hydrogens (tertiary/aromatic N) is 2. The molecule has 0 saturated carbocycles. The van der Waals surface area contributed by atoms with E-state index in [0.29, 0.717) is 23.9 Å². The van der Waals surface area contributed by atoms with Crippen molar-refractivity contribution in [3.63, 3.8) is 0 Å². The van der Waals surface area contributed by atoms with Crippen LogP contribution in [0, 0.1) is 5.92 Å². The van der Waals surface area contributed by atoms with E-state index in [1.807, 2.05) is 0 Å². The highest BCUT2D eigenvalue weighted by molar-refractivity contribution is 6.30. The molecule has 1 saturated heterocycles. The summed E-state index contributed by atoms with van der Waals surface area (Å²) < 4.78 is 38.7. The van der Waals surface area contributed by atoms with Gasteiger partial charge in [0.05, 0.1) is 0 Å².